The van der Waals surface area contributed by atoms with Gasteiger partial charge in [-0.3, -0.25) is 9.59 Å². The van der Waals surface area contributed by atoms with Crippen LogP contribution in [0.3, 0.4) is 0 Å². The maximum Gasteiger partial charge on any atom is 0.245 e. The van der Waals surface area contributed by atoms with Gasteiger partial charge in [0, 0.05) is 6.04 Å². The summed E-state index contributed by atoms with van der Waals surface area (Å²) >= 11 is 0. The molecule has 0 radical (unpaired) electrons. The van der Waals surface area contributed by atoms with Gasteiger partial charge in [0.15, 0.2) is 0 Å². The highest BCUT2D eigenvalue weighted by atomic mass is 16.2. The van der Waals surface area contributed by atoms with Crippen LogP contribution in [0.4, 0.5) is 0 Å². The lowest BCUT2D eigenvalue weighted by molar-refractivity contribution is -0.151. The quantitative estimate of drug-likeness (QED) is 0.703. The van der Waals surface area contributed by atoms with Crippen molar-refractivity contribution in [3.05, 3.63) is 0 Å². The van der Waals surface area contributed by atoms with Gasteiger partial charge in [-0.2, -0.15) is 0 Å². The number of hydrogen-bond acceptors (Lipinski definition) is 2. The standard InChI is InChI=1S/C13H22N2O2/c1-9-13(17)15(10(2)12(16)14-9)11-7-5-3-4-6-8-11/h9-11H,3-8H2,1-2H3,(H,14,16). The number of carbonyl (C=O) groups excluding carboxylic acids is 2. The van der Waals surface area contributed by atoms with Crippen molar-refractivity contribution < 1.29 is 9.59 Å². The molecule has 0 spiro atoms. The number of nitrogens with one attached hydrogen (secondary N) is 1. The summed E-state index contributed by atoms with van der Waals surface area (Å²) in [6.07, 6.45) is 6.98. The molecule has 0 aromatic carbocycles. The lowest BCUT2D eigenvalue weighted by atomic mass is 10.0. The van der Waals surface area contributed by atoms with Gasteiger partial charge in [0.1, 0.15) is 12.1 Å². The van der Waals surface area contributed by atoms with Gasteiger partial charge in [0.2, 0.25) is 11.8 Å². The second kappa shape index (κ2) is 5.07. The smallest absolute Gasteiger partial charge is 0.245 e. The SMILES string of the molecule is CC1NC(=O)C(C)N(C2CCCCCC2)C1=O. The van der Waals surface area contributed by atoms with Crippen LogP contribution < -0.4 is 5.32 Å². The Morgan fingerprint density at radius 1 is 1.06 bits per heavy atom. The maximum absolute atomic E-state index is 12.2. The molecule has 2 fully saturated rings. The highest BCUT2D eigenvalue weighted by molar-refractivity contribution is 5.96. The van der Waals surface area contributed by atoms with Gasteiger partial charge in [-0.1, -0.05) is 25.7 Å². The van der Waals surface area contributed by atoms with E-state index < -0.39 is 0 Å². The summed E-state index contributed by atoms with van der Waals surface area (Å²) in [5.74, 6) is 0.0744. The number of rotatable bonds is 1. The van der Waals surface area contributed by atoms with Crippen LogP contribution in [0.25, 0.3) is 0 Å². The molecule has 2 amide bonds. The minimum Gasteiger partial charge on any atom is -0.343 e. The molecule has 96 valence electrons. The second-order valence-electron chi connectivity index (χ2n) is 5.30. The molecule has 4 heteroatoms. The Labute approximate surface area is 103 Å². The Bertz CT molecular complexity index is 309. The van der Waals surface area contributed by atoms with Gasteiger partial charge < -0.3 is 10.2 Å². The fraction of sp³-hybridized carbons (Fsp3) is 0.846. The van der Waals surface area contributed by atoms with E-state index in [-0.39, 0.29) is 29.9 Å². The Kier molecular flexibility index (Phi) is 3.69. The Balaban J connectivity index is 2.14. The van der Waals surface area contributed by atoms with Crippen LogP contribution in [0, 0.1) is 0 Å². The lowest BCUT2D eigenvalue weighted by Gasteiger charge is -2.41. The van der Waals surface area contributed by atoms with Crippen molar-refractivity contribution in [1.82, 2.24) is 10.2 Å². The molecule has 17 heavy (non-hydrogen) atoms. The summed E-state index contributed by atoms with van der Waals surface area (Å²) in [6.45, 7) is 3.61. The first-order chi connectivity index (χ1) is 8.11. The molecule has 0 bridgehead atoms. The molecule has 2 aliphatic rings. The summed E-state index contributed by atoms with van der Waals surface area (Å²) in [5.41, 5.74) is 0. The molecule has 1 aliphatic heterocycles. The summed E-state index contributed by atoms with van der Waals surface area (Å²) in [7, 11) is 0. The average Bonchev–Trinajstić information content (AvgIpc) is 2.56. The van der Waals surface area contributed by atoms with E-state index in [0.29, 0.717) is 0 Å². The molecule has 1 saturated heterocycles. The van der Waals surface area contributed by atoms with Crippen molar-refractivity contribution in [3.8, 4) is 0 Å². The van der Waals surface area contributed by atoms with E-state index in [2.05, 4.69) is 5.32 Å². The van der Waals surface area contributed by atoms with Crippen molar-refractivity contribution in [2.75, 3.05) is 0 Å². The van der Waals surface area contributed by atoms with E-state index in [9.17, 15) is 9.59 Å². The van der Waals surface area contributed by atoms with Crippen molar-refractivity contribution in [3.63, 3.8) is 0 Å². The van der Waals surface area contributed by atoms with Gasteiger partial charge >= 0.3 is 0 Å². The first-order valence-corrected chi connectivity index (χ1v) is 6.74. The molecule has 4 nitrogen and oxygen atoms in total. The van der Waals surface area contributed by atoms with Crippen LogP contribution in [0.5, 0.6) is 0 Å². The number of nitrogens with zero attached hydrogens (tertiary/aromatic N) is 1. The molecule has 2 rings (SSSR count). The van der Waals surface area contributed by atoms with Crippen LogP contribution in [0.1, 0.15) is 52.4 Å². The van der Waals surface area contributed by atoms with Crippen molar-refractivity contribution in [2.45, 2.75) is 70.5 Å². The summed E-state index contributed by atoms with van der Waals surface area (Å²) in [6, 6.07) is -0.391. The second-order valence-corrected chi connectivity index (χ2v) is 5.30. The molecular formula is C13H22N2O2. The van der Waals surface area contributed by atoms with Gasteiger partial charge in [-0.15, -0.1) is 0 Å². The molecule has 2 unspecified atom stereocenters. The van der Waals surface area contributed by atoms with Crippen LogP contribution >= 0.6 is 0 Å². The third kappa shape index (κ3) is 2.45. The predicted octanol–water partition coefficient (Wildman–Crippen LogP) is 1.44. The predicted molar refractivity (Wildman–Crippen MR) is 65.4 cm³/mol. The van der Waals surface area contributed by atoms with Gasteiger partial charge in [-0.05, 0) is 26.7 Å². The topological polar surface area (TPSA) is 49.4 Å². The zero-order valence-corrected chi connectivity index (χ0v) is 10.7. The summed E-state index contributed by atoms with van der Waals surface area (Å²) in [5, 5.41) is 2.73. The van der Waals surface area contributed by atoms with E-state index in [1.165, 1.54) is 25.7 Å². The van der Waals surface area contributed by atoms with Crippen LogP contribution in [0.2, 0.25) is 0 Å². The molecule has 2 atom stereocenters. The third-order valence-corrected chi connectivity index (χ3v) is 4.00. The third-order valence-electron chi connectivity index (χ3n) is 4.00. The zero-order valence-electron chi connectivity index (χ0n) is 10.7. The van der Waals surface area contributed by atoms with Crippen molar-refractivity contribution in [2.24, 2.45) is 0 Å². The number of hydrogen-bond donors (Lipinski definition) is 1. The van der Waals surface area contributed by atoms with Crippen LogP contribution in [-0.4, -0.2) is 34.8 Å². The van der Waals surface area contributed by atoms with Crippen LogP contribution in [0.15, 0.2) is 0 Å². The van der Waals surface area contributed by atoms with Gasteiger partial charge in [-0.25, -0.2) is 0 Å². The van der Waals surface area contributed by atoms with Crippen LogP contribution in [-0.2, 0) is 9.59 Å². The van der Waals surface area contributed by atoms with Crippen molar-refractivity contribution >= 4 is 11.8 Å². The Morgan fingerprint density at radius 2 is 1.65 bits per heavy atom. The molecule has 1 N–H and O–H groups in total. The fourth-order valence-corrected chi connectivity index (χ4v) is 2.97. The van der Waals surface area contributed by atoms with E-state index >= 15 is 0 Å². The number of carbonyl (C=O) groups is 2. The molecular weight excluding hydrogens is 216 g/mol. The first kappa shape index (κ1) is 12.4. The number of piperazine rings is 1. The minimum absolute atomic E-state index is 0.0126. The van der Waals surface area contributed by atoms with E-state index in [0.717, 1.165) is 12.8 Å². The lowest BCUT2D eigenvalue weighted by Crippen LogP contribution is -2.63. The Hall–Kier alpha value is -1.06. The van der Waals surface area contributed by atoms with E-state index in [1.54, 1.807) is 6.92 Å². The normalized spacial score (nSPS) is 32.2. The summed E-state index contributed by atoms with van der Waals surface area (Å²) in [4.78, 5) is 25.8. The van der Waals surface area contributed by atoms with E-state index in [4.69, 9.17) is 0 Å². The molecule has 1 aliphatic carbocycles. The van der Waals surface area contributed by atoms with E-state index in [1.807, 2.05) is 11.8 Å². The maximum atomic E-state index is 12.2. The largest absolute Gasteiger partial charge is 0.343 e. The van der Waals surface area contributed by atoms with Gasteiger partial charge in [0.25, 0.3) is 0 Å². The average molecular weight is 238 g/mol. The van der Waals surface area contributed by atoms with Crippen molar-refractivity contribution in [1.29, 1.82) is 0 Å². The fourth-order valence-electron chi connectivity index (χ4n) is 2.97. The molecule has 0 aromatic heterocycles. The summed E-state index contributed by atoms with van der Waals surface area (Å²) < 4.78 is 0. The first-order valence-electron chi connectivity index (χ1n) is 6.74. The number of amides is 2. The molecule has 1 saturated carbocycles. The minimum atomic E-state index is -0.359. The molecule has 0 aromatic rings. The highest BCUT2D eigenvalue weighted by Crippen LogP contribution is 2.25. The van der Waals surface area contributed by atoms with Gasteiger partial charge in [0.05, 0.1) is 0 Å². The zero-order chi connectivity index (χ0) is 12.4. The Morgan fingerprint density at radius 3 is 2.24 bits per heavy atom. The molecule has 1 heterocycles. The highest BCUT2D eigenvalue weighted by Gasteiger charge is 2.39. The monoisotopic (exact) mass is 238 g/mol.